The molecule has 0 amide bonds. The fourth-order valence-corrected chi connectivity index (χ4v) is 5.52. The standard InChI is InChI=1S/C29H28ClF6N2/c1-26(2)20-15-17(28(31,32)33)7-11-22(20)37(5)24(26)13-9-19(30)10-14-25-27(3,4)21-16-18(29(34,35)36)8-12-23(21)38(25)6/h7-16H,1-6H3/q+1. The van der Waals surface area contributed by atoms with Crippen molar-refractivity contribution in [3.8, 4) is 0 Å². The molecule has 0 aromatic heterocycles. The molecule has 0 radical (unpaired) electrons. The molecule has 0 spiro atoms. The molecule has 38 heavy (non-hydrogen) atoms. The molecule has 2 aliphatic rings. The van der Waals surface area contributed by atoms with Crippen molar-refractivity contribution in [2.24, 2.45) is 0 Å². The summed E-state index contributed by atoms with van der Waals surface area (Å²) in [6, 6.07) is 7.48. The van der Waals surface area contributed by atoms with Gasteiger partial charge < -0.3 is 4.90 Å². The number of fused-ring (bicyclic) bond motifs is 2. The molecule has 0 saturated carbocycles. The Bertz CT molecular complexity index is 1420. The lowest BCUT2D eigenvalue weighted by molar-refractivity contribution is -0.401. The lowest BCUT2D eigenvalue weighted by Crippen LogP contribution is -2.26. The largest absolute Gasteiger partial charge is 0.416 e. The van der Waals surface area contributed by atoms with Gasteiger partial charge in [0, 0.05) is 46.6 Å². The first kappa shape index (κ1) is 28.0. The van der Waals surface area contributed by atoms with Crippen molar-refractivity contribution in [2.45, 2.75) is 50.9 Å². The molecule has 4 rings (SSSR count). The third kappa shape index (κ3) is 4.68. The van der Waals surface area contributed by atoms with Crippen molar-refractivity contribution in [1.29, 1.82) is 0 Å². The summed E-state index contributed by atoms with van der Waals surface area (Å²) in [6.07, 6.45) is -1.98. The number of anilines is 1. The molecule has 202 valence electrons. The molecule has 9 heteroatoms. The topological polar surface area (TPSA) is 6.25 Å². The van der Waals surface area contributed by atoms with Crippen molar-refractivity contribution in [3.63, 3.8) is 0 Å². The van der Waals surface area contributed by atoms with Gasteiger partial charge in [-0.15, -0.1) is 0 Å². The van der Waals surface area contributed by atoms with Gasteiger partial charge in [-0.25, -0.2) is 0 Å². The average Bonchev–Trinajstić information content (AvgIpc) is 3.12. The van der Waals surface area contributed by atoms with E-state index >= 15 is 0 Å². The molecule has 0 aliphatic carbocycles. The highest BCUT2D eigenvalue weighted by Crippen LogP contribution is 2.49. The van der Waals surface area contributed by atoms with Crippen LogP contribution in [0.25, 0.3) is 0 Å². The van der Waals surface area contributed by atoms with Gasteiger partial charge in [0.05, 0.1) is 16.5 Å². The summed E-state index contributed by atoms with van der Waals surface area (Å²) in [7, 11) is 3.59. The average molecular weight is 554 g/mol. The number of likely N-dealkylation sites (N-methyl/N-ethyl adjacent to an activating group) is 1. The zero-order valence-corrected chi connectivity index (χ0v) is 22.6. The van der Waals surface area contributed by atoms with Gasteiger partial charge >= 0.3 is 12.4 Å². The summed E-state index contributed by atoms with van der Waals surface area (Å²) in [5, 5.41) is 0.359. The van der Waals surface area contributed by atoms with Crippen LogP contribution in [0.4, 0.5) is 37.7 Å². The van der Waals surface area contributed by atoms with Crippen LogP contribution in [-0.2, 0) is 23.2 Å². The summed E-state index contributed by atoms with van der Waals surface area (Å²) in [6.45, 7) is 7.43. The highest BCUT2D eigenvalue weighted by molar-refractivity contribution is 6.31. The number of halogens is 7. The van der Waals surface area contributed by atoms with Crippen LogP contribution >= 0.6 is 11.6 Å². The first-order chi connectivity index (χ1) is 17.4. The number of nitrogens with zero attached hydrogens (tertiary/aromatic N) is 2. The fraction of sp³-hybridized carbons (Fsp3) is 0.345. The summed E-state index contributed by atoms with van der Waals surface area (Å²) in [4.78, 5) is 1.84. The first-order valence-corrected chi connectivity index (χ1v) is 12.3. The number of benzene rings is 2. The van der Waals surface area contributed by atoms with Crippen molar-refractivity contribution < 1.29 is 30.9 Å². The third-order valence-corrected chi connectivity index (χ3v) is 7.77. The number of alkyl halides is 6. The fourth-order valence-electron chi connectivity index (χ4n) is 5.40. The molecule has 2 heterocycles. The van der Waals surface area contributed by atoms with Crippen LogP contribution in [0.2, 0.25) is 0 Å². The van der Waals surface area contributed by atoms with Crippen LogP contribution in [0.15, 0.2) is 71.4 Å². The summed E-state index contributed by atoms with van der Waals surface area (Å²) < 4.78 is 81.6. The van der Waals surface area contributed by atoms with E-state index in [1.165, 1.54) is 24.3 Å². The molecule has 0 atom stereocenters. The van der Waals surface area contributed by atoms with Crippen molar-refractivity contribution in [3.05, 3.63) is 93.7 Å². The number of allylic oxidation sites excluding steroid dienone is 6. The van der Waals surface area contributed by atoms with Crippen molar-refractivity contribution in [1.82, 2.24) is 0 Å². The second-order valence-electron chi connectivity index (χ2n) is 10.6. The van der Waals surface area contributed by atoms with Crippen LogP contribution < -0.4 is 4.90 Å². The smallest absolute Gasteiger partial charge is 0.347 e. The maximum Gasteiger partial charge on any atom is 0.416 e. The van der Waals surface area contributed by atoms with Gasteiger partial charge in [-0.2, -0.15) is 30.9 Å². The van der Waals surface area contributed by atoms with Crippen molar-refractivity contribution >= 4 is 28.7 Å². The maximum atomic E-state index is 13.3. The lowest BCUT2D eigenvalue weighted by atomic mass is 9.80. The summed E-state index contributed by atoms with van der Waals surface area (Å²) in [5.41, 5.74) is 1.30. The van der Waals surface area contributed by atoms with Gasteiger partial charge in [0.25, 0.3) is 0 Å². The summed E-state index contributed by atoms with van der Waals surface area (Å²) in [5.74, 6) is 0. The van der Waals surface area contributed by atoms with Crippen LogP contribution in [0, 0.1) is 0 Å². The molecule has 0 saturated heterocycles. The van der Waals surface area contributed by atoms with Crippen molar-refractivity contribution in [2.75, 3.05) is 19.0 Å². The Hall–Kier alpha value is -3.00. The Balaban J connectivity index is 1.62. The van der Waals surface area contributed by atoms with Gasteiger partial charge in [-0.1, -0.05) is 25.4 Å². The molecule has 2 aromatic carbocycles. The van der Waals surface area contributed by atoms with Gasteiger partial charge in [0.15, 0.2) is 5.71 Å². The zero-order valence-electron chi connectivity index (χ0n) is 21.8. The monoisotopic (exact) mass is 553 g/mol. The Morgan fingerprint density at radius 3 is 2.00 bits per heavy atom. The van der Waals surface area contributed by atoms with Crippen LogP contribution in [0.3, 0.4) is 0 Å². The molecule has 2 aliphatic heterocycles. The van der Waals surface area contributed by atoms with Crippen LogP contribution in [-0.4, -0.2) is 24.4 Å². The maximum absolute atomic E-state index is 13.3. The van der Waals surface area contributed by atoms with E-state index in [9.17, 15) is 26.3 Å². The van der Waals surface area contributed by atoms with E-state index in [1.807, 2.05) is 37.2 Å². The Morgan fingerprint density at radius 1 is 0.868 bits per heavy atom. The predicted molar refractivity (Wildman–Crippen MR) is 139 cm³/mol. The molecular weight excluding hydrogens is 526 g/mol. The number of hydrogen-bond donors (Lipinski definition) is 0. The second kappa shape index (κ2) is 9.04. The molecule has 2 aromatic rings. The van der Waals surface area contributed by atoms with E-state index in [-0.39, 0.29) is 0 Å². The van der Waals surface area contributed by atoms with E-state index < -0.39 is 34.3 Å². The Kier molecular flexibility index (Phi) is 6.67. The number of rotatable bonds is 3. The van der Waals surface area contributed by atoms with Gasteiger partial charge in [-0.3, -0.25) is 0 Å². The molecule has 0 fully saturated rings. The normalized spacial score (nSPS) is 20.1. The quantitative estimate of drug-likeness (QED) is 0.209. The zero-order chi connectivity index (χ0) is 28.4. The van der Waals surface area contributed by atoms with Crippen LogP contribution in [0.5, 0.6) is 0 Å². The molecule has 0 bridgehead atoms. The molecule has 2 nitrogen and oxygen atoms in total. The molecular formula is C29H28ClF6N2+. The van der Waals surface area contributed by atoms with E-state index in [4.69, 9.17) is 11.6 Å². The molecule has 0 N–H and O–H groups in total. The lowest BCUT2D eigenvalue weighted by Gasteiger charge is -2.24. The van der Waals surface area contributed by atoms with Gasteiger partial charge in [-0.05, 0) is 68.0 Å². The third-order valence-electron chi connectivity index (χ3n) is 7.52. The highest BCUT2D eigenvalue weighted by atomic mass is 35.5. The predicted octanol–water partition coefficient (Wildman–Crippen LogP) is 8.72. The second-order valence-corrected chi connectivity index (χ2v) is 11.1. The SMILES string of the molecule is CN1/C(=C/C=C(Cl)/C=C/C2=[N+](C)c3ccc(C(F)(F)F)cc3C2(C)C)C(C)(C)c2cc(C(F)(F)F)ccc21. The minimum absolute atomic E-state index is 0.359. The Morgan fingerprint density at radius 2 is 1.42 bits per heavy atom. The highest BCUT2D eigenvalue weighted by Gasteiger charge is 2.45. The van der Waals surface area contributed by atoms with E-state index in [2.05, 4.69) is 0 Å². The van der Waals surface area contributed by atoms with Gasteiger partial charge in [0.2, 0.25) is 5.69 Å². The van der Waals surface area contributed by atoms with E-state index in [0.29, 0.717) is 27.5 Å². The molecule has 0 unspecified atom stereocenters. The van der Waals surface area contributed by atoms with E-state index in [1.54, 1.807) is 38.4 Å². The van der Waals surface area contributed by atoms with Crippen LogP contribution in [0.1, 0.15) is 49.9 Å². The van der Waals surface area contributed by atoms with E-state index in [0.717, 1.165) is 23.5 Å². The van der Waals surface area contributed by atoms with Gasteiger partial charge in [0.1, 0.15) is 7.05 Å². The minimum atomic E-state index is -4.43. The Labute approximate surface area is 223 Å². The minimum Gasteiger partial charge on any atom is -0.347 e. The number of hydrogen-bond acceptors (Lipinski definition) is 1. The summed E-state index contributed by atoms with van der Waals surface area (Å²) >= 11 is 6.49. The first-order valence-electron chi connectivity index (χ1n) is 11.9.